The molecule has 4 aromatic rings. The van der Waals surface area contributed by atoms with Crippen LogP contribution in [0.15, 0.2) is 80.1 Å². The Morgan fingerprint density at radius 3 is 2.77 bits per heavy atom. The summed E-state index contributed by atoms with van der Waals surface area (Å²) in [4.78, 5) is 42.5. The van der Waals surface area contributed by atoms with Gasteiger partial charge in [0.15, 0.2) is 4.80 Å². The zero-order valence-corrected chi connectivity index (χ0v) is 23.1. The number of esters is 1. The molecule has 10 nitrogen and oxygen atoms in total. The number of benzene rings is 2. The maximum absolute atomic E-state index is 13.8. The van der Waals surface area contributed by atoms with Gasteiger partial charge in [-0.05, 0) is 49.7 Å². The summed E-state index contributed by atoms with van der Waals surface area (Å²) in [5, 5.41) is 11.5. The Kier molecular flexibility index (Phi) is 7.42. The van der Waals surface area contributed by atoms with Crippen LogP contribution in [0.4, 0.5) is 5.69 Å². The van der Waals surface area contributed by atoms with Gasteiger partial charge in [0.2, 0.25) is 0 Å². The molecule has 1 atom stereocenters. The van der Waals surface area contributed by atoms with E-state index in [9.17, 15) is 19.7 Å². The van der Waals surface area contributed by atoms with E-state index in [1.807, 2.05) is 6.07 Å². The number of non-ortho nitro benzene ring substituents is 1. The molecular weight excluding hydrogens is 558 g/mol. The number of ether oxygens (including phenoxy) is 2. The van der Waals surface area contributed by atoms with Crippen LogP contribution < -0.4 is 19.6 Å². The van der Waals surface area contributed by atoms with Gasteiger partial charge in [0.05, 0.1) is 45.5 Å². The van der Waals surface area contributed by atoms with E-state index < -0.39 is 16.9 Å². The highest BCUT2D eigenvalue weighted by atomic mass is 35.5. The first-order valence-electron chi connectivity index (χ1n) is 12.1. The van der Waals surface area contributed by atoms with Gasteiger partial charge < -0.3 is 13.9 Å². The van der Waals surface area contributed by atoms with Gasteiger partial charge in [0.25, 0.3) is 11.2 Å². The third kappa shape index (κ3) is 4.96. The Morgan fingerprint density at radius 1 is 1.25 bits per heavy atom. The van der Waals surface area contributed by atoms with Gasteiger partial charge in [0.1, 0.15) is 17.3 Å². The second-order valence-electron chi connectivity index (χ2n) is 8.70. The van der Waals surface area contributed by atoms with Crippen molar-refractivity contribution >= 4 is 40.7 Å². The lowest BCUT2D eigenvalue weighted by molar-refractivity contribution is -0.384. The zero-order valence-electron chi connectivity index (χ0n) is 21.5. The number of aromatic nitrogens is 1. The molecule has 5 rings (SSSR count). The van der Waals surface area contributed by atoms with Crippen molar-refractivity contribution in [2.75, 3.05) is 13.7 Å². The van der Waals surface area contributed by atoms with Crippen molar-refractivity contribution in [2.24, 2.45) is 4.99 Å². The largest absolute Gasteiger partial charge is 0.497 e. The molecule has 0 radical (unpaired) electrons. The van der Waals surface area contributed by atoms with Gasteiger partial charge in [-0.25, -0.2) is 9.79 Å². The number of hydrogen-bond acceptors (Lipinski definition) is 9. The molecule has 0 fully saturated rings. The first-order chi connectivity index (χ1) is 19.2. The molecule has 40 heavy (non-hydrogen) atoms. The Morgan fingerprint density at radius 2 is 2.05 bits per heavy atom. The number of hydrogen-bond donors (Lipinski definition) is 0. The number of carbonyl (C=O) groups is 1. The van der Waals surface area contributed by atoms with Gasteiger partial charge in [-0.1, -0.05) is 35.1 Å². The third-order valence-corrected chi connectivity index (χ3v) is 7.57. The predicted molar refractivity (Wildman–Crippen MR) is 149 cm³/mol. The predicted octanol–water partition coefficient (Wildman–Crippen LogP) is 4.63. The minimum atomic E-state index is -0.789. The lowest BCUT2D eigenvalue weighted by atomic mass is 9.95. The average molecular weight is 580 g/mol. The number of nitrogens with zero attached hydrogens (tertiary/aromatic N) is 3. The van der Waals surface area contributed by atoms with Crippen molar-refractivity contribution in [1.82, 2.24) is 4.57 Å². The summed E-state index contributed by atoms with van der Waals surface area (Å²) in [5.41, 5.74) is 1.21. The normalized spacial score (nSPS) is 15.0. The van der Waals surface area contributed by atoms with E-state index in [1.165, 1.54) is 29.9 Å². The Bertz CT molecular complexity index is 1870. The summed E-state index contributed by atoms with van der Waals surface area (Å²) in [7, 11) is 1.54. The average Bonchev–Trinajstić information content (AvgIpc) is 3.52. The minimum Gasteiger partial charge on any atom is -0.497 e. The molecule has 0 amide bonds. The van der Waals surface area contributed by atoms with Gasteiger partial charge in [-0.2, -0.15) is 0 Å². The number of fused-ring (bicyclic) bond motifs is 1. The number of rotatable bonds is 7. The molecule has 1 aliphatic rings. The Hall–Kier alpha value is -4.48. The second kappa shape index (κ2) is 10.9. The summed E-state index contributed by atoms with van der Waals surface area (Å²) >= 11 is 7.41. The highest BCUT2D eigenvalue weighted by molar-refractivity contribution is 7.07. The monoisotopic (exact) mass is 579 g/mol. The maximum atomic E-state index is 13.8. The first-order valence-corrected chi connectivity index (χ1v) is 13.3. The van der Waals surface area contributed by atoms with E-state index in [0.29, 0.717) is 43.4 Å². The number of thiazole rings is 1. The topological polar surface area (TPSA) is 126 Å². The molecule has 12 heteroatoms. The lowest BCUT2D eigenvalue weighted by Crippen LogP contribution is -2.39. The van der Waals surface area contributed by atoms with E-state index in [0.717, 1.165) is 11.3 Å². The minimum absolute atomic E-state index is 0.129. The van der Waals surface area contributed by atoms with E-state index in [2.05, 4.69) is 4.99 Å². The van der Waals surface area contributed by atoms with E-state index in [-0.39, 0.29) is 28.4 Å². The molecule has 2 aromatic carbocycles. The SMILES string of the molecule is CCOC(=O)C1=C(C)N=c2s/c(=C\c3ccc(-c4cc([N+](=O)[O-])ccc4Cl)o3)c(=O)n2C1c1cccc(OC)c1. The summed E-state index contributed by atoms with van der Waals surface area (Å²) in [6, 6.07) is 13.7. The Balaban J connectivity index is 1.64. The van der Waals surface area contributed by atoms with Crippen LogP contribution in [0.25, 0.3) is 17.4 Å². The van der Waals surface area contributed by atoms with Crippen LogP contribution in [-0.4, -0.2) is 29.2 Å². The van der Waals surface area contributed by atoms with Crippen LogP contribution in [0, 0.1) is 10.1 Å². The van der Waals surface area contributed by atoms with E-state index in [4.69, 9.17) is 25.5 Å². The molecule has 0 saturated carbocycles. The summed E-state index contributed by atoms with van der Waals surface area (Å²) in [6.45, 7) is 3.58. The van der Waals surface area contributed by atoms with Gasteiger partial charge in [-0.3, -0.25) is 19.5 Å². The van der Waals surface area contributed by atoms with Crippen LogP contribution in [0.5, 0.6) is 5.75 Å². The molecule has 0 N–H and O–H groups in total. The zero-order chi connectivity index (χ0) is 28.6. The number of methoxy groups -OCH3 is 1. The first kappa shape index (κ1) is 27.1. The maximum Gasteiger partial charge on any atom is 0.338 e. The van der Waals surface area contributed by atoms with Crippen LogP contribution >= 0.6 is 22.9 Å². The van der Waals surface area contributed by atoms with Crippen molar-refractivity contribution in [3.63, 3.8) is 0 Å². The van der Waals surface area contributed by atoms with Gasteiger partial charge in [0, 0.05) is 23.8 Å². The molecule has 0 spiro atoms. The quantitative estimate of drug-likeness (QED) is 0.177. The van der Waals surface area contributed by atoms with Gasteiger partial charge in [-0.15, -0.1) is 0 Å². The van der Waals surface area contributed by atoms with Crippen molar-refractivity contribution in [1.29, 1.82) is 0 Å². The third-order valence-electron chi connectivity index (χ3n) is 6.25. The van der Waals surface area contributed by atoms with Crippen LogP contribution in [0.1, 0.15) is 31.2 Å². The van der Waals surface area contributed by atoms with Crippen LogP contribution in [0.3, 0.4) is 0 Å². The summed E-state index contributed by atoms with van der Waals surface area (Å²) in [5.74, 6) is 0.653. The Labute approximate surface area is 236 Å². The van der Waals surface area contributed by atoms with Crippen molar-refractivity contribution in [3.05, 3.63) is 112 Å². The summed E-state index contributed by atoms with van der Waals surface area (Å²) < 4.78 is 18.4. The fraction of sp³-hybridized carbons (Fsp3) is 0.179. The molecule has 0 aliphatic carbocycles. The number of furan rings is 1. The molecular formula is C28H22ClN3O7S. The van der Waals surface area contributed by atoms with E-state index in [1.54, 1.807) is 50.3 Å². The molecule has 3 heterocycles. The number of halogens is 1. The van der Waals surface area contributed by atoms with Crippen molar-refractivity contribution in [2.45, 2.75) is 19.9 Å². The molecule has 0 saturated heterocycles. The van der Waals surface area contributed by atoms with Crippen molar-refractivity contribution < 1.29 is 23.6 Å². The highest BCUT2D eigenvalue weighted by Gasteiger charge is 2.33. The fourth-order valence-electron chi connectivity index (χ4n) is 4.44. The van der Waals surface area contributed by atoms with Crippen LogP contribution in [0.2, 0.25) is 5.02 Å². The molecule has 2 aromatic heterocycles. The second-order valence-corrected chi connectivity index (χ2v) is 10.1. The number of nitro groups is 1. The number of allylic oxidation sites excluding steroid dienone is 1. The van der Waals surface area contributed by atoms with Crippen molar-refractivity contribution in [3.8, 4) is 17.1 Å². The fourth-order valence-corrected chi connectivity index (χ4v) is 5.68. The molecule has 0 bridgehead atoms. The molecule has 204 valence electrons. The number of nitro benzene ring substituents is 1. The highest BCUT2D eigenvalue weighted by Crippen LogP contribution is 2.34. The standard InChI is InChI=1S/C28H22ClN3O7S/c1-4-38-27(34)24-15(2)30-28-31(25(24)16-6-5-7-18(12-16)37-3)26(33)23(40-28)14-19-9-11-22(39-19)20-13-17(32(35)36)8-10-21(20)29/h5-14,25H,4H2,1-3H3/b23-14-. The van der Waals surface area contributed by atoms with Crippen LogP contribution in [-0.2, 0) is 9.53 Å². The molecule has 1 aliphatic heterocycles. The number of carbonyl (C=O) groups excluding carboxylic acids is 1. The molecule has 1 unspecified atom stereocenters. The van der Waals surface area contributed by atoms with E-state index >= 15 is 0 Å². The lowest BCUT2D eigenvalue weighted by Gasteiger charge is -2.24. The smallest absolute Gasteiger partial charge is 0.338 e. The van der Waals surface area contributed by atoms with Gasteiger partial charge >= 0.3 is 5.97 Å². The summed E-state index contributed by atoms with van der Waals surface area (Å²) in [6.07, 6.45) is 1.56.